The van der Waals surface area contributed by atoms with Gasteiger partial charge in [-0.15, -0.1) is 0 Å². The van der Waals surface area contributed by atoms with Crippen LogP contribution in [0.5, 0.6) is 0 Å². The Morgan fingerprint density at radius 1 is 1.50 bits per heavy atom. The fourth-order valence-corrected chi connectivity index (χ4v) is 1.36. The van der Waals surface area contributed by atoms with Gasteiger partial charge in [-0.05, 0) is 25.2 Å². The molecule has 0 aromatic rings. The van der Waals surface area contributed by atoms with E-state index in [4.69, 9.17) is 4.74 Å². The largest absolute Gasteiger partial charge is 0.454 e. The van der Waals surface area contributed by atoms with E-state index in [0.717, 1.165) is 0 Å². The Morgan fingerprint density at radius 2 is 2.18 bits per heavy atom. The molecule has 0 fully saturated rings. The molecular weight excluding hydrogens is 294 g/mol. The number of hydrogen-bond acceptors (Lipinski definition) is 7. The maximum absolute atomic E-state index is 11.7. The topological polar surface area (TPSA) is 113 Å². The highest BCUT2D eigenvalue weighted by Crippen LogP contribution is 2.15. The molecule has 0 spiro atoms. The number of ether oxygens (including phenoxy) is 2. The van der Waals surface area contributed by atoms with Crippen LogP contribution < -0.4 is 0 Å². The van der Waals surface area contributed by atoms with Gasteiger partial charge >= 0.3 is 18.0 Å². The lowest BCUT2D eigenvalue weighted by atomic mass is 10.1. The SMILES string of the molecule is C=C(C)C(=O)OCC(C(=O)OC1=CCC(=C=O)C=C1)[N+](=O)[O-]. The fourth-order valence-electron chi connectivity index (χ4n) is 1.36. The van der Waals surface area contributed by atoms with Crippen molar-refractivity contribution >= 4 is 17.9 Å². The lowest BCUT2D eigenvalue weighted by molar-refractivity contribution is -0.513. The molecule has 1 unspecified atom stereocenters. The van der Waals surface area contributed by atoms with Crippen LogP contribution >= 0.6 is 0 Å². The first-order valence-corrected chi connectivity index (χ1v) is 6.15. The van der Waals surface area contributed by atoms with Gasteiger partial charge in [0.25, 0.3) is 0 Å². The number of rotatable bonds is 6. The molecule has 0 aromatic carbocycles. The molecule has 8 heteroatoms. The van der Waals surface area contributed by atoms with Gasteiger partial charge in [-0.3, -0.25) is 10.1 Å². The Balaban J connectivity index is 2.67. The molecule has 0 N–H and O–H groups in total. The molecule has 0 aliphatic heterocycles. The zero-order valence-corrected chi connectivity index (χ0v) is 11.7. The number of nitrogens with zero attached hydrogens (tertiary/aromatic N) is 1. The monoisotopic (exact) mass is 307 g/mol. The third kappa shape index (κ3) is 4.84. The molecule has 0 amide bonds. The average Bonchev–Trinajstić information content (AvgIpc) is 2.47. The van der Waals surface area contributed by atoms with Crippen LogP contribution in [0.3, 0.4) is 0 Å². The molecule has 22 heavy (non-hydrogen) atoms. The molecule has 8 nitrogen and oxygen atoms in total. The fraction of sp³-hybridized carbons (Fsp3) is 0.286. The Labute approximate surface area is 125 Å². The summed E-state index contributed by atoms with van der Waals surface area (Å²) in [5.74, 6) is -0.254. The maximum atomic E-state index is 11.7. The van der Waals surface area contributed by atoms with E-state index < -0.39 is 29.5 Å². The van der Waals surface area contributed by atoms with Crippen molar-refractivity contribution in [3.63, 3.8) is 0 Å². The van der Waals surface area contributed by atoms with Gasteiger partial charge in [0.1, 0.15) is 11.7 Å². The first kappa shape index (κ1) is 17.1. The van der Waals surface area contributed by atoms with Crippen molar-refractivity contribution in [1.29, 1.82) is 0 Å². The summed E-state index contributed by atoms with van der Waals surface area (Å²) in [7, 11) is 0. The molecule has 0 saturated carbocycles. The predicted molar refractivity (Wildman–Crippen MR) is 73.7 cm³/mol. The van der Waals surface area contributed by atoms with Gasteiger partial charge in [0.15, 0.2) is 6.61 Å². The van der Waals surface area contributed by atoms with Crippen molar-refractivity contribution in [3.05, 3.63) is 51.8 Å². The average molecular weight is 307 g/mol. The molecule has 1 atom stereocenters. The Bertz CT molecular complexity index is 623. The minimum Gasteiger partial charge on any atom is -0.454 e. The second-order valence-electron chi connectivity index (χ2n) is 4.37. The highest BCUT2D eigenvalue weighted by atomic mass is 16.6. The van der Waals surface area contributed by atoms with E-state index in [1.165, 1.54) is 25.2 Å². The standard InChI is InChI=1S/C14H13NO7/c1-9(2)13(17)21-8-12(15(19)20)14(18)22-11-5-3-10(7-16)4-6-11/h3,5-6,12H,1,4,8H2,2H3. The third-order valence-corrected chi connectivity index (χ3v) is 2.57. The van der Waals surface area contributed by atoms with Crippen molar-refractivity contribution in [2.24, 2.45) is 0 Å². The molecule has 0 bridgehead atoms. The zero-order chi connectivity index (χ0) is 16.7. The van der Waals surface area contributed by atoms with Gasteiger partial charge in [0.05, 0.1) is 0 Å². The molecule has 0 radical (unpaired) electrons. The quantitative estimate of drug-likeness (QED) is 0.235. The molecule has 0 saturated heterocycles. The van der Waals surface area contributed by atoms with E-state index in [9.17, 15) is 24.5 Å². The molecule has 1 aliphatic carbocycles. The second kappa shape index (κ2) is 7.70. The Morgan fingerprint density at radius 3 is 2.64 bits per heavy atom. The van der Waals surface area contributed by atoms with E-state index in [0.29, 0.717) is 5.57 Å². The number of hydrogen-bond donors (Lipinski definition) is 0. The van der Waals surface area contributed by atoms with Crippen molar-refractivity contribution in [2.75, 3.05) is 6.61 Å². The molecule has 1 aliphatic rings. The summed E-state index contributed by atoms with van der Waals surface area (Å²) in [6, 6.07) is -1.85. The molecular formula is C14H13NO7. The van der Waals surface area contributed by atoms with Crippen LogP contribution in [-0.4, -0.2) is 35.5 Å². The van der Waals surface area contributed by atoms with Gasteiger partial charge in [0.2, 0.25) is 0 Å². The van der Waals surface area contributed by atoms with E-state index in [-0.39, 0.29) is 17.8 Å². The molecule has 0 aromatic heterocycles. The lowest BCUT2D eigenvalue weighted by Gasteiger charge is -2.12. The number of nitro groups is 1. The van der Waals surface area contributed by atoms with Crippen LogP contribution in [0.1, 0.15) is 13.3 Å². The van der Waals surface area contributed by atoms with E-state index in [1.807, 2.05) is 0 Å². The summed E-state index contributed by atoms with van der Waals surface area (Å²) < 4.78 is 9.43. The Hall–Kier alpha value is -2.99. The number of carbonyl (C=O) groups is 2. The second-order valence-corrected chi connectivity index (χ2v) is 4.37. The number of esters is 2. The number of carbonyl (C=O) groups excluding carboxylic acids is 3. The van der Waals surface area contributed by atoms with Crippen LogP contribution in [0.4, 0.5) is 0 Å². The van der Waals surface area contributed by atoms with Gasteiger partial charge in [0, 0.05) is 22.5 Å². The maximum Gasteiger partial charge on any atom is 0.390 e. The van der Waals surface area contributed by atoms with Crippen molar-refractivity contribution in [1.82, 2.24) is 0 Å². The van der Waals surface area contributed by atoms with Gasteiger partial charge in [-0.2, -0.15) is 0 Å². The van der Waals surface area contributed by atoms with Crippen LogP contribution in [0.2, 0.25) is 0 Å². The normalized spacial score (nSPS) is 14.4. The first-order valence-electron chi connectivity index (χ1n) is 6.15. The predicted octanol–water partition coefficient (Wildman–Crippen LogP) is 0.896. The van der Waals surface area contributed by atoms with Gasteiger partial charge in [-0.25, -0.2) is 14.4 Å². The van der Waals surface area contributed by atoms with E-state index >= 15 is 0 Å². The third-order valence-electron chi connectivity index (χ3n) is 2.57. The molecule has 116 valence electrons. The highest BCUT2D eigenvalue weighted by Gasteiger charge is 2.34. The summed E-state index contributed by atoms with van der Waals surface area (Å²) in [5.41, 5.74) is 0.419. The summed E-state index contributed by atoms with van der Waals surface area (Å²) in [4.78, 5) is 43.3. The van der Waals surface area contributed by atoms with Crippen molar-refractivity contribution < 1.29 is 28.8 Å². The first-order chi connectivity index (χ1) is 10.3. The summed E-state index contributed by atoms with van der Waals surface area (Å²) in [6.07, 6.45) is 4.32. The lowest BCUT2D eigenvalue weighted by Crippen LogP contribution is -2.36. The number of allylic oxidation sites excluding steroid dienone is 4. The summed E-state index contributed by atoms with van der Waals surface area (Å²) >= 11 is 0. The van der Waals surface area contributed by atoms with Crippen LogP contribution in [-0.2, 0) is 23.9 Å². The van der Waals surface area contributed by atoms with Crippen LogP contribution in [0.15, 0.2) is 41.7 Å². The highest BCUT2D eigenvalue weighted by molar-refractivity contribution is 5.87. The smallest absolute Gasteiger partial charge is 0.390 e. The van der Waals surface area contributed by atoms with Crippen LogP contribution in [0, 0.1) is 10.1 Å². The Kier molecular flexibility index (Phi) is 5.97. The van der Waals surface area contributed by atoms with Crippen molar-refractivity contribution in [2.45, 2.75) is 19.4 Å². The van der Waals surface area contributed by atoms with E-state index in [1.54, 1.807) is 5.94 Å². The minimum atomic E-state index is -1.85. The van der Waals surface area contributed by atoms with E-state index in [2.05, 4.69) is 11.3 Å². The zero-order valence-electron chi connectivity index (χ0n) is 11.7. The summed E-state index contributed by atoms with van der Waals surface area (Å²) in [6.45, 7) is 3.94. The minimum absolute atomic E-state index is 0.0570. The van der Waals surface area contributed by atoms with Crippen molar-refractivity contribution in [3.8, 4) is 0 Å². The van der Waals surface area contributed by atoms with Gasteiger partial charge < -0.3 is 9.47 Å². The molecule has 1 rings (SSSR count). The summed E-state index contributed by atoms with van der Waals surface area (Å²) in [5, 5.41) is 10.9. The molecule has 0 heterocycles. The van der Waals surface area contributed by atoms with Crippen LogP contribution in [0.25, 0.3) is 0 Å². The van der Waals surface area contributed by atoms with Gasteiger partial charge in [-0.1, -0.05) is 6.58 Å².